The minimum atomic E-state index is -4.78. The number of benzene rings is 1. The van der Waals surface area contributed by atoms with Crippen LogP contribution in [0.2, 0.25) is 0 Å². The summed E-state index contributed by atoms with van der Waals surface area (Å²) in [5, 5.41) is 0. The molecular formula is C14H11F3N2O2. The van der Waals surface area contributed by atoms with Gasteiger partial charge in [-0.3, -0.25) is 9.78 Å². The SMILES string of the molecule is NC(=O)c1cccnc1Cc1ccccc1OC(F)(F)F. The molecular weight excluding hydrogens is 285 g/mol. The van der Waals surface area contributed by atoms with E-state index in [2.05, 4.69) is 9.72 Å². The molecule has 0 radical (unpaired) electrons. The molecule has 0 atom stereocenters. The van der Waals surface area contributed by atoms with Crippen molar-refractivity contribution in [3.05, 3.63) is 59.4 Å². The third-order valence-electron chi connectivity index (χ3n) is 2.71. The summed E-state index contributed by atoms with van der Waals surface area (Å²) in [6, 6.07) is 8.68. The van der Waals surface area contributed by atoms with E-state index in [0.29, 0.717) is 5.69 Å². The maximum atomic E-state index is 12.4. The molecule has 0 saturated carbocycles. The number of hydrogen-bond acceptors (Lipinski definition) is 3. The smallest absolute Gasteiger partial charge is 0.405 e. The Labute approximate surface area is 118 Å². The molecule has 0 bridgehead atoms. The predicted molar refractivity (Wildman–Crippen MR) is 68.7 cm³/mol. The molecule has 0 aliphatic heterocycles. The van der Waals surface area contributed by atoms with Crippen molar-refractivity contribution in [1.82, 2.24) is 4.98 Å². The number of carbonyl (C=O) groups is 1. The Morgan fingerprint density at radius 2 is 1.90 bits per heavy atom. The van der Waals surface area contributed by atoms with Crippen LogP contribution < -0.4 is 10.5 Å². The lowest BCUT2D eigenvalue weighted by atomic mass is 10.0. The van der Waals surface area contributed by atoms with E-state index < -0.39 is 12.3 Å². The van der Waals surface area contributed by atoms with Gasteiger partial charge in [-0.2, -0.15) is 0 Å². The number of nitrogens with zero attached hydrogens (tertiary/aromatic N) is 1. The molecule has 7 heteroatoms. The normalized spacial score (nSPS) is 11.2. The van der Waals surface area contributed by atoms with E-state index in [9.17, 15) is 18.0 Å². The second kappa shape index (κ2) is 5.82. The lowest BCUT2D eigenvalue weighted by Gasteiger charge is -2.13. The van der Waals surface area contributed by atoms with E-state index in [1.54, 1.807) is 6.07 Å². The van der Waals surface area contributed by atoms with E-state index in [-0.39, 0.29) is 23.3 Å². The van der Waals surface area contributed by atoms with Crippen LogP contribution in [0.15, 0.2) is 42.6 Å². The summed E-state index contributed by atoms with van der Waals surface area (Å²) in [6.45, 7) is 0. The Kier molecular flexibility index (Phi) is 4.11. The molecule has 0 saturated heterocycles. The van der Waals surface area contributed by atoms with E-state index in [4.69, 9.17) is 5.73 Å². The molecule has 0 fully saturated rings. The Hall–Kier alpha value is -2.57. The second-order valence-electron chi connectivity index (χ2n) is 4.19. The molecule has 1 aromatic carbocycles. The fourth-order valence-electron chi connectivity index (χ4n) is 1.86. The molecule has 1 heterocycles. The van der Waals surface area contributed by atoms with Crippen LogP contribution in [0.25, 0.3) is 0 Å². The zero-order valence-electron chi connectivity index (χ0n) is 10.7. The molecule has 0 spiro atoms. The highest BCUT2D eigenvalue weighted by Crippen LogP contribution is 2.28. The highest BCUT2D eigenvalue weighted by Gasteiger charge is 2.32. The molecule has 0 aliphatic rings. The van der Waals surface area contributed by atoms with Crippen LogP contribution in [0.1, 0.15) is 21.6 Å². The van der Waals surface area contributed by atoms with Gasteiger partial charge in [0, 0.05) is 18.2 Å². The maximum Gasteiger partial charge on any atom is 0.573 e. The van der Waals surface area contributed by atoms with Gasteiger partial charge in [-0.05, 0) is 18.2 Å². The van der Waals surface area contributed by atoms with Crippen molar-refractivity contribution in [1.29, 1.82) is 0 Å². The van der Waals surface area contributed by atoms with Crippen molar-refractivity contribution in [2.75, 3.05) is 0 Å². The first-order chi connectivity index (χ1) is 9.87. The molecule has 110 valence electrons. The number of amides is 1. The van der Waals surface area contributed by atoms with Crippen LogP contribution >= 0.6 is 0 Å². The van der Waals surface area contributed by atoms with Gasteiger partial charge in [-0.15, -0.1) is 13.2 Å². The monoisotopic (exact) mass is 296 g/mol. The number of primary amides is 1. The van der Waals surface area contributed by atoms with Crippen molar-refractivity contribution >= 4 is 5.91 Å². The van der Waals surface area contributed by atoms with Crippen LogP contribution in [0.3, 0.4) is 0 Å². The Bertz CT molecular complexity index is 657. The maximum absolute atomic E-state index is 12.4. The Morgan fingerprint density at radius 1 is 1.19 bits per heavy atom. The van der Waals surface area contributed by atoms with Crippen LogP contribution in [0.5, 0.6) is 5.75 Å². The number of rotatable bonds is 4. The molecule has 0 aliphatic carbocycles. The number of para-hydroxylation sites is 1. The number of halogens is 3. The number of aromatic nitrogens is 1. The summed E-state index contributed by atoms with van der Waals surface area (Å²) in [7, 11) is 0. The van der Waals surface area contributed by atoms with Gasteiger partial charge in [0.25, 0.3) is 5.91 Å². The van der Waals surface area contributed by atoms with Gasteiger partial charge in [0.15, 0.2) is 0 Å². The van der Waals surface area contributed by atoms with Crippen molar-refractivity contribution in [3.63, 3.8) is 0 Å². The van der Waals surface area contributed by atoms with Gasteiger partial charge in [-0.25, -0.2) is 0 Å². The first-order valence-electron chi connectivity index (χ1n) is 5.94. The fourth-order valence-corrected chi connectivity index (χ4v) is 1.86. The minimum absolute atomic E-state index is 0.00532. The summed E-state index contributed by atoms with van der Waals surface area (Å²) in [4.78, 5) is 15.3. The Morgan fingerprint density at radius 3 is 2.57 bits per heavy atom. The molecule has 2 rings (SSSR count). The zero-order valence-corrected chi connectivity index (χ0v) is 10.7. The summed E-state index contributed by atoms with van der Waals surface area (Å²) in [5.74, 6) is -1.02. The fraction of sp³-hybridized carbons (Fsp3) is 0.143. The first-order valence-corrected chi connectivity index (χ1v) is 5.94. The van der Waals surface area contributed by atoms with Crippen LogP contribution in [0, 0.1) is 0 Å². The van der Waals surface area contributed by atoms with Gasteiger partial charge in [-0.1, -0.05) is 18.2 Å². The quantitative estimate of drug-likeness (QED) is 0.943. The summed E-state index contributed by atoms with van der Waals surface area (Å²) < 4.78 is 41.0. The average molecular weight is 296 g/mol. The molecule has 21 heavy (non-hydrogen) atoms. The van der Waals surface area contributed by atoms with Crippen LogP contribution in [-0.4, -0.2) is 17.3 Å². The lowest BCUT2D eigenvalue weighted by Crippen LogP contribution is -2.19. The van der Waals surface area contributed by atoms with Crippen molar-refractivity contribution in [2.45, 2.75) is 12.8 Å². The number of alkyl halides is 3. The average Bonchev–Trinajstić information content (AvgIpc) is 2.40. The molecule has 1 aromatic heterocycles. The molecule has 1 amide bonds. The largest absolute Gasteiger partial charge is 0.573 e. The van der Waals surface area contributed by atoms with Crippen LogP contribution in [-0.2, 0) is 6.42 Å². The standard InChI is InChI=1S/C14H11F3N2O2/c15-14(16,17)21-12-6-2-1-4-9(12)8-11-10(13(18)20)5-3-7-19-11/h1-7H,8H2,(H2,18,20). The topological polar surface area (TPSA) is 65.2 Å². The lowest BCUT2D eigenvalue weighted by molar-refractivity contribution is -0.274. The third kappa shape index (κ3) is 3.95. The van der Waals surface area contributed by atoms with E-state index in [1.165, 1.54) is 36.5 Å². The van der Waals surface area contributed by atoms with E-state index in [1.807, 2.05) is 0 Å². The highest BCUT2D eigenvalue weighted by molar-refractivity contribution is 5.93. The minimum Gasteiger partial charge on any atom is -0.405 e. The number of pyridine rings is 1. The molecule has 0 unspecified atom stereocenters. The van der Waals surface area contributed by atoms with E-state index in [0.717, 1.165) is 0 Å². The van der Waals surface area contributed by atoms with Gasteiger partial charge in [0.05, 0.1) is 11.3 Å². The number of ether oxygens (including phenoxy) is 1. The molecule has 2 aromatic rings. The highest BCUT2D eigenvalue weighted by atomic mass is 19.4. The summed E-state index contributed by atoms with van der Waals surface area (Å²) in [6.07, 6.45) is -3.34. The van der Waals surface area contributed by atoms with Crippen molar-refractivity contribution in [2.24, 2.45) is 5.73 Å². The van der Waals surface area contributed by atoms with Gasteiger partial charge in [0.1, 0.15) is 5.75 Å². The van der Waals surface area contributed by atoms with Crippen LogP contribution in [0.4, 0.5) is 13.2 Å². The molecule has 2 N–H and O–H groups in total. The van der Waals surface area contributed by atoms with Crippen molar-refractivity contribution < 1.29 is 22.7 Å². The van der Waals surface area contributed by atoms with Gasteiger partial charge < -0.3 is 10.5 Å². The summed E-state index contributed by atoms with van der Waals surface area (Å²) in [5.41, 5.74) is 5.94. The first kappa shape index (κ1) is 14.8. The van der Waals surface area contributed by atoms with Gasteiger partial charge >= 0.3 is 6.36 Å². The molecule has 4 nitrogen and oxygen atoms in total. The Balaban J connectivity index is 2.35. The second-order valence-corrected chi connectivity index (χ2v) is 4.19. The number of carbonyl (C=O) groups excluding carboxylic acids is 1. The zero-order chi connectivity index (χ0) is 15.5. The van der Waals surface area contributed by atoms with Crippen molar-refractivity contribution in [3.8, 4) is 5.75 Å². The van der Waals surface area contributed by atoms with Gasteiger partial charge in [0.2, 0.25) is 0 Å². The summed E-state index contributed by atoms with van der Waals surface area (Å²) >= 11 is 0. The number of nitrogens with two attached hydrogens (primary N) is 1. The van der Waals surface area contributed by atoms with E-state index >= 15 is 0 Å². The third-order valence-corrected chi connectivity index (χ3v) is 2.71. The number of hydrogen-bond donors (Lipinski definition) is 1. The predicted octanol–water partition coefficient (Wildman–Crippen LogP) is 2.67.